The molecule has 0 saturated carbocycles. The lowest BCUT2D eigenvalue weighted by Crippen LogP contribution is -2.07. The lowest BCUT2D eigenvalue weighted by molar-refractivity contribution is 0.482. The van der Waals surface area contributed by atoms with Gasteiger partial charge in [-0.1, -0.05) is 25.4 Å². The van der Waals surface area contributed by atoms with Gasteiger partial charge in [0.2, 0.25) is 0 Å². The van der Waals surface area contributed by atoms with Crippen LogP contribution in [-0.2, 0) is 7.05 Å². The van der Waals surface area contributed by atoms with Crippen LogP contribution in [0.2, 0.25) is 5.02 Å². The van der Waals surface area contributed by atoms with Crippen LogP contribution in [0.3, 0.4) is 0 Å². The molecule has 28 heavy (non-hydrogen) atoms. The van der Waals surface area contributed by atoms with Gasteiger partial charge in [0.25, 0.3) is 0 Å². The Balaban J connectivity index is 1.87. The van der Waals surface area contributed by atoms with Gasteiger partial charge in [-0.15, -0.1) is 11.3 Å². The number of aromatic nitrogens is 6. The van der Waals surface area contributed by atoms with Gasteiger partial charge in [-0.25, -0.2) is 19.6 Å². The van der Waals surface area contributed by atoms with Crippen molar-refractivity contribution in [2.75, 3.05) is 0 Å². The molecule has 0 saturated heterocycles. The van der Waals surface area contributed by atoms with E-state index in [2.05, 4.69) is 41.6 Å². The quantitative estimate of drug-likeness (QED) is 0.427. The molecule has 8 heteroatoms. The normalized spacial score (nSPS) is 11.8. The Kier molecular flexibility index (Phi) is 4.97. The Morgan fingerprint density at radius 1 is 1.18 bits per heavy atom. The number of hydrogen-bond acceptors (Lipinski definition) is 5. The monoisotopic (exact) mass is 414 g/mol. The van der Waals surface area contributed by atoms with Crippen molar-refractivity contribution < 1.29 is 0 Å². The molecule has 6 nitrogen and oxygen atoms in total. The number of rotatable bonds is 5. The van der Waals surface area contributed by atoms with Crippen molar-refractivity contribution in [1.29, 1.82) is 0 Å². The van der Waals surface area contributed by atoms with Gasteiger partial charge in [-0.2, -0.15) is 5.10 Å². The third-order valence-corrected chi connectivity index (χ3v) is 6.72. The van der Waals surface area contributed by atoms with Crippen LogP contribution in [0.4, 0.5) is 0 Å². The van der Waals surface area contributed by atoms with E-state index in [4.69, 9.17) is 21.6 Å². The molecular formula is C20H23ClN6S. The summed E-state index contributed by atoms with van der Waals surface area (Å²) in [5.41, 5.74) is 4.75. The maximum absolute atomic E-state index is 6.59. The van der Waals surface area contributed by atoms with Crippen molar-refractivity contribution in [1.82, 2.24) is 29.3 Å². The molecule has 0 spiro atoms. The summed E-state index contributed by atoms with van der Waals surface area (Å²) < 4.78 is 4.02. The number of hydrogen-bond donors (Lipinski definition) is 0. The fourth-order valence-corrected chi connectivity index (χ4v) is 5.12. The van der Waals surface area contributed by atoms with Crippen molar-refractivity contribution in [3.63, 3.8) is 0 Å². The molecular weight excluding hydrogens is 392 g/mol. The molecule has 4 aromatic rings. The lowest BCUT2D eigenvalue weighted by atomic mass is 10.2. The lowest BCUT2D eigenvalue weighted by Gasteiger charge is -2.16. The van der Waals surface area contributed by atoms with Gasteiger partial charge >= 0.3 is 0 Å². The number of fused-ring (bicyclic) bond motifs is 1. The van der Waals surface area contributed by atoms with Crippen molar-refractivity contribution in [2.24, 2.45) is 7.05 Å². The minimum Gasteiger partial charge on any atom is -0.328 e. The van der Waals surface area contributed by atoms with E-state index >= 15 is 0 Å². The first kappa shape index (κ1) is 19.1. The van der Waals surface area contributed by atoms with Gasteiger partial charge in [0.05, 0.1) is 20.5 Å². The zero-order valence-corrected chi connectivity index (χ0v) is 18.3. The van der Waals surface area contributed by atoms with Crippen molar-refractivity contribution >= 4 is 34.1 Å². The number of thiophene rings is 1. The van der Waals surface area contributed by atoms with E-state index in [1.807, 2.05) is 20.0 Å². The first-order chi connectivity index (χ1) is 13.4. The summed E-state index contributed by atoms with van der Waals surface area (Å²) in [6, 6.07) is 2.36. The SMILES string of the molecule is CCC(CC)n1cc(C)c2nc(-c3sc(-c4ncnn4C)cc3Cl)c(C)nc21. The summed E-state index contributed by atoms with van der Waals surface area (Å²) in [5.74, 6) is 0.793. The molecule has 0 aliphatic rings. The van der Waals surface area contributed by atoms with E-state index in [0.717, 1.165) is 56.5 Å². The molecule has 0 fully saturated rings. The van der Waals surface area contributed by atoms with Gasteiger partial charge in [0, 0.05) is 19.3 Å². The largest absolute Gasteiger partial charge is 0.328 e. The van der Waals surface area contributed by atoms with Crippen LogP contribution >= 0.6 is 22.9 Å². The second-order valence-corrected chi connectivity index (χ2v) is 8.47. The fraction of sp³-hybridized carbons (Fsp3) is 0.400. The molecule has 0 bridgehead atoms. The molecule has 0 aliphatic carbocycles. The van der Waals surface area contributed by atoms with E-state index in [9.17, 15) is 0 Å². The highest BCUT2D eigenvalue weighted by Gasteiger charge is 2.21. The summed E-state index contributed by atoms with van der Waals surface area (Å²) in [7, 11) is 1.87. The van der Waals surface area contributed by atoms with Crippen molar-refractivity contribution in [3.8, 4) is 21.3 Å². The molecule has 0 atom stereocenters. The van der Waals surface area contributed by atoms with Crippen molar-refractivity contribution in [2.45, 2.75) is 46.6 Å². The van der Waals surface area contributed by atoms with Crippen LogP contribution in [0.25, 0.3) is 32.4 Å². The molecule has 0 aromatic carbocycles. The first-order valence-electron chi connectivity index (χ1n) is 9.44. The van der Waals surface area contributed by atoms with Gasteiger partial charge < -0.3 is 4.57 Å². The standard InChI is InChI=1S/C20H23ClN6S/c1-6-13(7-2)27-9-11(3)16-20(27)24-12(4)17(25-16)18-14(21)8-15(28-18)19-22-10-23-26(19)5/h8-10,13H,6-7H2,1-5H3. The van der Waals surface area contributed by atoms with E-state index in [1.165, 1.54) is 0 Å². The Morgan fingerprint density at radius 2 is 1.93 bits per heavy atom. The molecule has 146 valence electrons. The number of nitrogens with zero attached hydrogens (tertiary/aromatic N) is 6. The predicted octanol–water partition coefficient (Wildman–Crippen LogP) is 5.59. The van der Waals surface area contributed by atoms with Crippen LogP contribution in [-0.4, -0.2) is 29.3 Å². The predicted molar refractivity (Wildman–Crippen MR) is 115 cm³/mol. The summed E-state index contributed by atoms with van der Waals surface area (Å²) >= 11 is 8.16. The molecule has 0 amide bonds. The highest BCUT2D eigenvalue weighted by atomic mass is 35.5. The van der Waals surface area contributed by atoms with Crippen LogP contribution in [0.15, 0.2) is 18.6 Å². The molecule has 0 unspecified atom stereocenters. The topological polar surface area (TPSA) is 61.4 Å². The highest BCUT2D eigenvalue weighted by molar-refractivity contribution is 7.19. The molecule has 0 aliphatic heterocycles. The van der Waals surface area contributed by atoms with E-state index in [-0.39, 0.29) is 0 Å². The maximum Gasteiger partial charge on any atom is 0.167 e. The number of aryl methyl sites for hydroxylation is 3. The van der Waals surface area contributed by atoms with Crippen LogP contribution in [0, 0.1) is 13.8 Å². The Labute approximate surface area is 173 Å². The summed E-state index contributed by atoms with van der Waals surface area (Å²) in [6.07, 6.45) is 5.86. The summed E-state index contributed by atoms with van der Waals surface area (Å²) in [5, 5.41) is 4.81. The van der Waals surface area contributed by atoms with Crippen molar-refractivity contribution in [3.05, 3.63) is 34.9 Å². The third kappa shape index (κ3) is 3.02. The Hall–Kier alpha value is -2.25. The van der Waals surface area contributed by atoms with Crippen LogP contribution < -0.4 is 0 Å². The molecule has 4 rings (SSSR count). The zero-order valence-electron chi connectivity index (χ0n) is 16.7. The smallest absolute Gasteiger partial charge is 0.167 e. The second-order valence-electron chi connectivity index (χ2n) is 7.01. The van der Waals surface area contributed by atoms with E-state index in [1.54, 1.807) is 22.3 Å². The summed E-state index contributed by atoms with van der Waals surface area (Å²) in [4.78, 5) is 16.1. The van der Waals surface area contributed by atoms with E-state index in [0.29, 0.717) is 11.1 Å². The average molecular weight is 415 g/mol. The van der Waals surface area contributed by atoms with E-state index < -0.39 is 0 Å². The Bertz CT molecular complexity index is 1150. The number of halogens is 1. The minimum atomic E-state index is 0.434. The first-order valence-corrected chi connectivity index (χ1v) is 10.6. The minimum absolute atomic E-state index is 0.434. The summed E-state index contributed by atoms with van der Waals surface area (Å²) in [6.45, 7) is 8.52. The van der Waals surface area contributed by atoms with Gasteiger partial charge in [-0.05, 0) is 38.3 Å². The molecule has 4 heterocycles. The molecule has 0 radical (unpaired) electrons. The van der Waals surface area contributed by atoms with Crippen LogP contribution in [0.5, 0.6) is 0 Å². The fourth-order valence-electron chi connectivity index (χ4n) is 3.62. The Morgan fingerprint density at radius 3 is 2.57 bits per heavy atom. The zero-order chi connectivity index (χ0) is 20.0. The van der Waals surface area contributed by atoms with Gasteiger partial charge in [0.15, 0.2) is 11.5 Å². The molecule has 4 aromatic heterocycles. The highest BCUT2D eigenvalue weighted by Crippen LogP contribution is 2.41. The molecule has 0 N–H and O–H groups in total. The van der Waals surface area contributed by atoms with Gasteiger partial charge in [0.1, 0.15) is 17.5 Å². The van der Waals surface area contributed by atoms with Crippen LogP contribution in [0.1, 0.15) is 44.0 Å². The third-order valence-electron chi connectivity index (χ3n) is 5.17. The maximum atomic E-state index is 6.59. The van der Waals surface area contributed by atoms with Gasteiger partial charge in [-0.3, -0.25) is 0 Å². The second kappa shape index (κ2) is 7.29. The average Bonchev–Trinajstić information content (AvgIpc) is 3.34.